The van der Waals surface area contributed by atoms with E-state index in [1.807, 2.05) is 13.8 Å². The standard InChI is InChI=1S/C28H37BF3N6O5/c1-27(2)20-16-19(7-8-21(20)29-43-27)38(42)26(41)23(15-17-3-5-18(6-4-17)28(30,31)32)36-25(40)22(35)9-10-24(39)37(13-11-33)14-12-34/h3-8,16,22-23,42H,9-15,33-35H2,1-2H3,(H,36,40)/t22-,23+/m0/s1. The van der Waals surface area contributed by atoms with Crippen molar-refractivity contribution in [3.05, 3.63) is 59.2 Å². The Morgan fingerprint density at radius 3 is 2.28 bits per heavy atom. The molecular weight excluding hydrogens is 568 g/mol. The van der Waals surface area contributed by atoms with Crippen LogP contribution in [0.5, 0.6) is 0 Å². The number of rotatable bonds is 13. The fourth-order valence-corrected chi connectivity index (χ4v) is 4.63. The first kappa shape index (κ1) is 34.0. The van der Waals surface area contributed by atoms with Gasteiger partial charge in [0.05, 0.1) is 22.9 Å². The molecule has 43 heavy (non-hydrogen) atoms. The molecular formula is C28H37BF3N6O5. The van der Waals surface area contributed by atoms with Crippen LogP contribution in [-0.4, -0.2) is 73.6 Å². The smallest absolute Gasteiger partial charge is 0.416 e. The van der Waals surface area contributed by atoms with Crippen LogP contribution in [-0.2, 0) is 37.2 Å². The highest BCUT2D eigenvalue weighted by Crippen LogP contribution is 2.31. The van der Waals surface area contributed by atoms with Crippen molar-refractivity contribution in [3.63, 3.8) is 0 Å². The molecule has 2 aromatic carbocycles. The number of halogens is 3. The van der Waals surface area contributed by atoms with Crippen molar-refractivity contribution >= 4 is 36.4 Å². The van der Waals surface area contributed by atoms with Crippen molar-refractivity contribution < 1.29 is 37.4 Å². The lowest BCUT2D eigenvalue weighted by Gasteiger charge is -2.26. The molecule has 0 bridgehead atoms. The molecule has 15 heteroatoms. The molecule has 3 rings (SSSR count). The molecule has 0 saturated carbocycles. The summed E-state index contributed by atoms with van der Waals surface area (Å²) in [5.74, 6) is -2.03. The molecule has 2 atom stereocenters. The molecule has 1 aliphatic rings. The Kier molecular flexibility index (Phi) is 11.3. The average Bonchev–Trinajstić information content (AvgIpc) is 3.27. The van der Waals surface area contributed by atoms with Crippen LogP contribution in [0.3, 0.4) is 0 Å². The van der Waals surface area contributed by atoms with E-state index in [4.69, 9.17) is 21.9 Å². The van der Waals surface area contributed by atoms with Crippen molar-refractivity contribution in [1.29, 1.82) is 0 Å². The van der Waals surface area contributed by atoms with E-state index in [0.717, 1.165) is 17.6 Å². The molecule has 11 nitrogen and oxygen atoms in total. The van der Waals surface area contributed by atoms with Gasteiger partial charge >= 0.3 is 13.7 Å². The molecule has 3 amide bonds. The van der Waals surface area contributed by atoms with Gasteiger partial charge in [-0.2, -0.15) is 18.2 Å². The second-order valence-corrected chi connectivity index (χ2v) is 10.7. The Bertz CT molecular complexity index is 1290. The number of nitrogens with two attached hydrogens (primary N) is 3. The zero-order valence-electron chi connectivity index (χ0n) is 24.1. The van der Waals surface area contributed by atoms with Gasteiger partial charge in [-0.1, -0.05) is 18.2 Å². The van der Waals surface area contributed by atoms with E-state index in [1.54, 1.807) is 19.6 Å². The molecule has 0 unspecified atom stereocenters. The molecule has 0 aromatic heterocycles. The number of carbonyl (C=O) groups excluding carboxylic acids is 3. The van der Waals surface area contributed by atoms with E-state index in [2.05, 4.69) is 5.32 Å². The van der Waals surface area contributed by atoms with E-state index in [0.29, 0.717) is 16.2 Å². The van der Waals surface area contributed by atoms with Crippen molar-refractivity contribution in [2.45, 2.75) is 57.0 Å². The second kappa shape index (κ2) is 14.3. The minimum absolute atomic E-state index is 0.0588. The van der Waals surface area contributed by atoms with Crippen LogP contribution in [0.15, 0.2) is 42.5 Å². The Labute approximate surface area is 248 Å². The quantitative estimate of drug-likeness (QED) is 0.125. The molecule has 0 aliphatic carbocycles. The van der Waals surface area contributed by atoms with Gasteiger partial charge in [0.25, 0.3) is 5.91 Å². The Morgan fingerprint density at radius 1 is 1.07 bits per heavy atom. The van der Waals surface area contributed by atoms with Crippen molar-refractivity contribution in [2.24, 2.45) is 17.2 Å². The third-order valence-corrected chi connectivity index (χ3v) is 7.11. The van der Waals surface area contributed by atoms with E-state index in [-0.39, 0.29) is 57.0 Å². The number of amides is 3. The maximum atomic E-state index is 13.5. The highest BCUT2D eigenvalue weighted by Gasteiger charge is 2.34. The normalized spacial score (nSPS) is 15.2. The number of alkyl halides is 3. The van der Waals surface area contributed by atoms with Crippen LogP contribution in [0.25, 0.3) is 0 Å². The lowest BCUT2D eigenvalue weighted by atomic mass is 9.84. The van der Waals surface area contributed by atoms with Gasteiger partial charge in [0.15, 0.2) is 0 Å². The molecule has 0 fully saturated rings. The first-order valence-corrected chi connectivity index (χ1v) is 13.8. The Morgan fingerprint density at radius 2 is 1.70 bits per heavy atom. The minimum Gasteiger partial charge on any atom is -0.426 e. The number of nitrogens with one attached hydrogen (secondary N) is 1. The summed E-state index contributed by atoms with van der Waals surface area (Å²) in [6, 6.07) is 6.19. The summed E-state index contributed by atoms with van der Waals surface area (Å²) in [7, 11) is 1.56. The van der Waals surface area contributed by atoms with Gasteiger partial charge < -0.3 is 32.1 Å². The van der Waals surface area contributed by atoms with Gasteiger partial charge in [0.2, 0.25) is 11.8 Å². The van der Waals surface area contributed by atoms with E-state index in [1.165, 1.54) is 23.1 Å². The fourth-order valence-electron chi connectivity index (χ4n) is 4.63. The average molecular weight is 605 g/mol. The largest absolute Gasteiger partial charge is 0.426 e. The van der Waals surface area contributed by atoms with E-state index < -0.39 is 41.2 Å². The van der Waals surface area contributed by atoms with Gasteiger partial charge in [-0.3, -0.25) is 19.6 Å². The number of hydrogen-bond acceptors (Lipinski definition) is 8. The summed E-state index contributed by atoms with van der Waals surface area (Å²) in [5.41, 5.74) is 17.4. The number of nitrogens with zero attached hydrogens (tertiary/aromatic N) is 2. The fraction of sp³-hybridized carbons (Fsp3) is 0.464. The maximum Gasteiger partial charge on any atom is 0.416 e. The maximum absolute atomic E-state index is 13.5. The summed E-state index contributed by atoms with van der Waals surface area (Å²) < 4.78 is 44.8. The van der Waals surface area contributed by atoms with Crippen LogP contribution in [0, 0.1) is 0 Å². The van der Waals surface area contributed by atoms with Crippen LogP contribution < -0.4 is 33.0 Å². The number of anilines is 1. The first-order valence-electron chi connectivity index (χ1n) is 13.8. The van der Waals surface area contributed by atoms with Crippen LogP contribution >= 0.6 is 0 Å². The molecule has 2 aromatic rings. The van der Waals surface area contributed by atoms with Gasteiger partial charge in [-0.05, 0) is 61.1 Å². The SMILES string of the molecule is CC1(C)O[B]c2ccc(N(O)C(=O)[C@@H](Cc3ccc(C(F)(F)F)cc3)NC(=O)[C@@H](N)CCC(=O)N(CCN)CCN)cc21. The van der Waals surface area contributed by atoms with E-state index >= 15 is 0 Å². The highest BCUT2D eigenvalue weighted by molar-refractivity contribution is 6.49. The number of hydroxylamine groups is 1. The topological polar surface area (TPSA) is 177 Å². The third-order valence-electron chi connectivity index (χ3n) is 7.11. The number of benzene rings is 2. The summed E-state index contributed by atoms with van der Waals surface area (Å²) in [6.07, 6.45) is -4.95. The zero-order chi connectivity index (χ0) is 31.9. The predicted molar refractivity (Wildman–Crippen MR) is 154 cm³/mol. The monoisotopic (exact) mass is 605 g/mol. The van der Waals surface area contributed by atoms with Crippen LogP contribution in [0.2, 0.25) is 0 Å². The minimum atomic E-state index is -4.56. The molecule has 8 N–H and O–H groups in total. The van der Waals surface area contributed by atoms with Gasteiger partial charge in [-0.25, -0.2) is 0 Å². The second-order valence-electron chi connectivity index (χ2n) is 10.7. The number of hydrogen-bond donors (Lipinski definition) is 5. The molecule has 1 radical (unpaired) electrons. The predicted octanol–water partition coefficient (Wildman–Crippen LogP) is 0.518. The molecule has 1 aliphatic heterocycles. The summed E-state index contributed by atoms with van der Waals surface area (Å²) in [4.78, 5) is 40.6. The zero-order valence-corrected chi connectivity index (χ0v) is 24.1. The summed E-state index contributed by atoms with van der Waals surface area (Å²) in [6.45, 7) is 4.67. The van der Waals surface area contributed by atoms with Gasteiger partial charge in [0, 0.05) is 39.0 Å². The van der Waals surface area contributed by atoms with E-state index in [9.17, 15) is 32.8 Å². The van der Waals surface area contributed by atoms with Crippen molar-refractivity contribution in [2.75, 3.05) is 31.2 Å². The summed E-state index contributed by atoms with van der Waals surface area (Å²) in [5, 5.41) is 13.8. The van der Waals surface area contributed by atoms with Gasteiger partial charge in [0.1, 0.15) is 6.04 Å². The van der Waals surface area contributed by atoms with Crippen LogP contribution in [0.4, 0.5) is 18.9 Å². The Balaban J connectivity index is 1.79. The van der Waals surface area contributed by atoms with Crippen molar-refractivity contribution in [1.82, 2.24) is 10.2 Å². The first-order chi connectivity index (χ1) is 20.2. The molecule has 1 heterocycles. The lowest BCUT2D eigenvalue weighted by Crippen LogP contribution is -2.53. The van der Waals surface area contributed by atoms with Crippen LogP contribution in [0.1, 0.15) is 43.4 Å². The van der Waals surface area contributed by atoms with Gasteiger partial charge in [-0.15, -0.1) is 0 Å². The van der Waals surface area contributed by atoms with Crippen molar-refractivity contribution in [3.8, 4) is 0 Å². The lowest BCUT2D eigenvalue weighted by molar-refractivity contribution is -0.137. The summed E-state index contributed by atoms with van der Waals surface area (Å²) >= 11 is 0. The number of carbonyl (C=O) groups is 3. The number of fused-ring (bicyclic) bond motifs is 1. The Hall–Kier alpha value is -3.50. The third kappa shape index (κ3) is 8.77. The molecule has 0 spiro atoms. The highest BCUT2D eigenvalue weighted by atomic mass is 19.4. The molecule has 0 saturated heterocycles. The molecule has 233 valence electrons.